The molecule has 10 heteroatoms. The van der Waals surface area contributed by atoms with E-state index in [2.05, 4.69) is 10.3 Å². The molecule has 0 aliphatic heterocycles. The molecule has 4 rings (SSSR count). The largest absolute Gasteiger partial charge is 0.489 e. The fourth-order valence-electron chi connectivity index (χ4n) is 3.64. The Labute approximate surface area is 216 Å². The van der Waals surface area contributed by atoms with E-state index in [1.54, 1.807) is 66.7 Å². The molecule has 4 aromatic rings. The summed E-state index contributed by atoms with van der Waals surface area (Å²) < 4.78 is 6.85. The van der Waals surface area contributed by atoms with Gasteiger partial charge < -0.3 is 9.84 Å². The third-order valence-corrected chi connectivity index (χ3v) is 6.40. The maximum atomic E-state index is 12.7. The first kappa shape index (κ1) is 25.3. The number of aliphatic carboxylic acids is 1. The number of carbonyl (C=O) groups is 2. The minimum absolute atomic E-state index is 0.0302. The average Bonchev–Trinajstić information content (AvgIpc) is 2.88. The van der Waals surface area contributed by atoms with Gasteiger partial charge in [0.15, 0.2) is 5.78 Å². The van der Waals surface area contributed by atoms with Gasteiger partial charge in [-0.2, -0.15) is 0 Å². The Hall–Kier alpha value is -3.75. The van der Waals surface area contributed by atoms with Crippen molar-refractivity contribution < 1.29 is 19.4 Å². The molecule has 36 heavy (non-hydrogen) atoms. The summed E-state index contributed by atoms with van der Waals surface area (Å²) in [6.45, 7) is 0.296. The zero-order valence-electron chi connectivity index (χ0n) is 18.9. The van der Waals surface area contributed by atoms with Gasteiger partial charge in [0, 0.05) is 18.5 Å². The normalized spacial score (nSPS) is 11.8. The number of halogens is 2. The summed E-state index contributed by atoms with van der Waals surface area (Å²) in [5, 5.41) is 18.8. The Kier molecular flexibility index (Phi) is 7.97. The molecule has 0 aliphatic rings. The van der Waals surface area contributed by atoms with Gasteiger partial charge in [-0.25, -0.2) is 4.68 Å². The van der Waals surface area contributed by atoms with Crippen LogP contribution in [0.25, 0.3) is 10.9 Å². The van der Waals surface area contributed by atoms with Gasteiger partial charge in [0.1, 0.15) is 17.9 Å². The summed E-state index contributed by atoms with van der Waals surface area (Å²) in [6, 6.07) is 18.5. The van der Waals surface area contributed by atoms with E-state index in [0.717, 1.165) is 10.2 Å². The number of aryl methyl sites for hydroxylation is 1. The average molecular weight is 526 g/mol. The van der Waals surface area contributed by atoms with Crippen LogP contribution in [0.5, 0.6) is 5.75 Å². The molecule has 0 saturated carbocycles. The standard InChI is InChI=1S/C26H21Cl2N3O5/c27-21-10-5-16(13-22(21)28)15-36-19-8-6-17(7-9-19)24(32)14-18(26(34)35)11-12-31-25(33)20-3-1-2-4-23(20)29-30-31/h1-10,13,18H,11-12,14-15H2,(H,34,35). The number of ether oxygens (including phenoxy) is 1. The zero-order chi connectivity index (χ0) is 25.7. The highest BCUT2D eigenvalue weighted by Crippen LogP contribution is 2.24. The Morgan fingerprint density at radius 1 is 1.00 bits per heavy atom. The van der Waals surface area contributed by atoms with E-state index in [4.69, 9.17) is 27.9 Å². The fraction of sp³-hybridized carbons (Fsp3) is 0.192. The van der Waals surface area contributed by atoms with Crippen LogP contribution >= 0.6 is 23.2 Å². The highest BCUT2D eigenvalue weighted by Gasteiger charge is 2.23. The second-order valence-corrected chi connectivity index (χ2v) is 8.96. The van der Waals surface area contributed by atoms with Crippen molar-refractivity contribution in [2.24, 2.45) is 5.92 Å². The third-order valence-electron chi connectivity index (χ3n) is 5.67. The van der Waals surface area contributed by atoms with E-state index in [9.17, 15) is 19.5 Å². The highest BCUT2D eigenvalue weighted by molar-refractivity contribution is 6.42. The van der Waals surface area contributed by atoms with Gasteiger partial charge in [0.2, 0.25) is 0 Å². The van der Waals surface area contributed by atoms with E-state index in [0.29, 0.717) is 32.3 Å². The number of hydrogen-bond acceptors (Lipinski definition) is 6. The van der Waals surface area contributed by atoms with Crippen LogP contribution in [0.1, 0.15) is 28.8 Å². The van der Waals surface area contributed by atoms with E-state index in [1.165, 1.54) is 0 Å². The first-order valence-electron chi connectivity index (χ1n) is 11.1. The number of rotatable bonds is 10. The Balaban J connectivity index is 1.36. The summed E-state index contributed by atoms with van der Waals surface area (Å²) in [5.41, 5.74) is 1.32. The van der Waals surface area contributed by atoms with Crippen LogP contribution in [-0.4, -0.2) is 31.9 Å². The smallest absolute Gasteiger partial charge is 0.307 e. The molecule has 0 aliphatic carbocycles. The first-order valence-corrected chi connectivity index (χ1v) is 11.8. The van der Waals surface area contributed by atoms with Gasteiger partial charge in [-0.1, -0.05) is 46.6 Å². The molecule has 0 radical (unpaired) electrons. The lowest BCUT2D eigenvalue weighted by Gasteiger charge is -2.13. The van der Waals surface area contributed by atoms with Crippen molar-refractivity contribution in [3.05, 3.63) is 98.3 Å². The minimum atomic E-state index is -1.12. The van der Waals surface area contributed by atoms with E-state index < -0.39 is 11.9 Å². The molecule has 1 unspecified atom stereocenters. The molecule has 0 saturated heterocycles. The number of carboxylic acid groups (broad SMARTS) is 1. The van der Waals surface area contributed by atoms with E-state index >= 15 is 0 Å². The summed E-state index contributed by atoms with van der Waals surface area (Å²) in [4.78, 5) is 37.1. The van der Waals surface area contributed by atoms with Crippen molar-refractivity contribution in [3.8, 4) is 5.75 Å². The SMILES string of the molecule is O=C(CC(CCn1nnc2ccccc2c1=O)C(=O)O)c1ccc(OCc2ccc(Cl)c(Cl)c2)cc1. The van der Waals surface area contributed by atoms with Crippen molar-refractivity contribution in [3.63, 3.8) is 0 Å². The molecule has 0 bridgehead atoms. The number of nitrogens with zero attached hydrogens (tertiary/aromatic N) is 3. The molecule has 1 atom stereocenters. The van der Waals surface area contributed by atoms with Crippen LogP contribution in [0.3, 0.4) is 0 Å². The maximum absolute atomic E-state index is 12.7. The molecule has 8 nitrogen and oxygen atoms in total. The van der Waals surface area contributed by atoms with E-state index in [-0.39, 0.29) is 37.3 Å². The molecule has 0 amide bonds. The lowest BCUT2D eigenvalue weighted by molar-refractivity contribution is -0.142. The second-order valence-electron chi connectivity index (χ2n) is 8.15. The minimum Gasteiger partial charge on any atom is -0.489 e. The molecule has 0 fully saturated rings. The van der Waals surface area contributed by atoms with Gasteiger partial charge >= 0.3 is 5.97 Å². The van der Waals surface area contributed by atoms with Crippen molar-refractivity contribution in [1.29, 1.82) is 0 Å². The molecule has 0 spiro atoms. The topological polar surface area (TPSA) is 111 Å². The first-order chi connectivity index (χ1) is 17.3. The third kappa shape index (κ3) is 6.08. The van der Waals surface area contributed by atoms with Gasteiger partial charge in [0.25, 0.3) is 5.56 Å². The molecule has 3 aromatic carbocycles. The summed E-state index contributed by atoms with van der Waals surface area (Å²) in [5.74, 6) is -1.88. The fourth-order valence-corrected chi connectivity index (χ4v) is 3.96. The van der Waals surface area contributed by atoms with Gasteiger partial charge in [-0.05, 0) is 60.5 Å². The Morgan fingerprint density at radius 2 is 1.75 bits per heavy atom. The monoisotopic (exact) mass is 525 g/mol. The highest BCUT2D eigenvalue weighted by atomic mass is 35.5. The number of Topliss-reactive ketones (excluding diaryl/α,β-unsaturated/α-hetero) is 1. The van der Waals surface area contributed by atoms with Crippen molar-refractivity contribution in [2.75, 3.05) is 0 Å². The number of carbonyl (C=O) groups excluding carboxylic acids is 1. The van der Waals surface area contributed by atoms with Gasteiger partial charge in [-0.3, -0.25) is 14.4 Å². The molecular formula is C26H21Cl2N3O5. The second kappa shape index (κ2) is 11.3. The molecule has 184 valence electrons. The van der Waals surface area contributed by atoms with Crippen LogP contribution in [0.4, 0.5) is 0 Å². The predicted molar refractivity (Wildman–Crippen MR) is 136 cm³/mol. The number of benzene rings is 3. The number of carboxylic acids is 1. The van der Waals surface area contributed by atoms with Crippen molar-refractivity contribution >= 4 is 45.9 Å². The summed E-state index contributed by atoms with van der Waals surface area (Å²) >= 11 is 11.9. The van der Waals surface area contributed by atoms with Gasteiger partial charge in [0.05, 0.1) is 21.3 Å². The van der Waals surface area contributed by atoms with Crippen LogP contribution in [0.15, 0.2) is 71.5 Å². The molecule has 1 aromatic heterocycles. The maximum Gasteiger partial charge on any atom is 0.307 e. The predicted octanol–water partition coefficient (Wildman–Crippen LogP) is 5.04. The summed E-state index contributed by atoms with van der Waals surface area (Å²) in [7, 11) is 0. The van der Waals surface area contributed by atoms with Crippen LogP contribution in [0, 0.1) is 5.92 Å². The Morgan fingerprint density at radius 3 is 2.47 bits per heavy atom. The molecule has 1 N–H and O–H groups in total. The molecule has 1 heterocycles. The summed E-state index contributed by atoms with van der Waals surface area (Å²) in [6.07, 6.45) is -0.159. The van der Waals surface area contributed by atoms with Crippen LogP contribution in [0.2, 0.25) is 10.0 Å². The van der Waals surface area contributed by atoms with Gasteiger partial charge in [-0.15, -0.1) is 5.10 Å². The number of aromatic nitrogens is 3. The van der Waals surface area contributed by atoms with Crippen molar-refractivity contribution in [1.82, 2.24) is 15.0 Å². The zero-order valence-corrected chi connectivity index (χ0v) is 20.4. The lowest BCUT2D eigenvalue weighted by Crippen LogP contribution is -2.27. The number of fused-ring (bicyclic) bond motifs is 1. The van der Waals surface area contributed by atoms with E-state index in [1.807, 2.05) is 0 Å². The van der Waals surface area contributed by atoms with Crippen molar-refractivity contribution in [2.45, 2.75) is 26.0 Å². The molecular weight excluding hydrogens is 505 g/mol. The van der Waals surface area contributed by atoms with Crippen LogP contribution < -0.4 is 10.3 Å². The quantitative estimate of drug-likeness (QED) is 0.288. The number of ketones is 1. The lowest BCUT2D eigenvalue weighted by atomic mass is 9.95. The number of hydrogen-bond donors (Lipinski definition) is 1. The Bertz CT molecular complexity index is 1470. The van der Waals surface area contributed by atoms with Crippen LogP contribution in [-0.2, 0) is 17.9 Å².